The Balaban J connectivity index is 2.19. The number of nitrogens with one attached hydrogen (secondary N) is 1. The predicted octanol–water partition coefficient (Wildman–Crippen LogP) is 2.48. The van der Waals surface area contributed by atoms with Crippen LogP contribution in [0.25, 0.3) is 10.2 Å². The predicted molar refractivity (Wildman–Crippen MR) is 68.6 cm³/mol. The maximum Gasteiger partial charge on any atom is 0.573 e. The largest absolute Gasteiger partial charge is 0.573 e. The lowest BCUT2D eigenvalue weighted by Crippen LogP contribution is -2.16. The Hall–Kier alpha value is -1.87. The number of benzene rings is 1. The average molecular weight is 305 g/mol. The zero-order valence-corrected chi connectivity index (χ0v) is 10.8. The highest BCUT2D eigenvalue weighted by Gasteiger charge is 2.31. The van der Waals surface area contributed by atoms with Crippen LogP contribution >= 0.6 is 11.3 Å². The van der Waals surface area contributed by atoms with Crippen molar-refractivity contribution < 1.29 is 22.7 Å². The summed E-state index contributed by atoms with van der Waals surface area (Å²) < 4.78 is 40.6. The molecule has 1 heterocycles. The van der Waals surface area contributed by atoms with Crippen molar-refractivity contribution in [2.75, 3.05) is 11.9 Å². The minimum atomic E-state index is -4.74. The number of hydrogen-bond donors (Lipinski definition) is 2. The van der Waals surface area contributed by atoms with Gasteiger partial charge in [0.15, 0.2) is 5.13 Å². The van der Waals surface area contributed by atoms with E-state index < -0.39 is 6.36 Å². The first-order valence-electron chi connectivity index (χ1n) is 5.53. The SMILES string of the molecule is NCCC(=O)Nc1nc2ccc(OC(F)(F)F)cc2s1. The van der Waals surface area contributed by atoms with Gasteiger partial charge in [0.2, 0.25) is 5.91 Å². The van der Waals surface area contributed by atoms with Gasteiger partial charge in [-0.3, -0.25) is 4.79 Å². The second-order valence-electron chi connectivity index (χ2n) is 3.78. The first-order chi connectivity index (χ1) is 9.37. The van der Waals surface area contributed by atoms with Crippen molar-refractivity contribution >= 4 is 32.6 Å². The van der Waals surface area contributed by atoms with Crippen LogP contribution in [-0.2, 0) is 4.79 Å². The third-order valence-electron chi connectivity index (χ3n) is 2.21. The van der Waals surface area contributed by atoms with E-state index in [2.05, 4.69) is 15.0 Å². The molecule has 108 valence electrons. The van der Waals surface area contributed by atoms with E-state index in [4.69, 9.17) is 5.73 Å². The van der Waals surface area contributed by atoms with Crippen molar-refractivity contribution in [1.29, 1.82) is 0 Å². The first kappa shape index (κ1) is 14.5. The van der Waals surface area contributed by atoms with E-state index in [0.29, 0.717) is 15.3 Å². The molecular formula is C11H10F3N3O2S. The van der Waals surface area contributed by atoms with Crippen molar-refractivity contribution in [3.8, 4) is 5.75 Å². The number of carbonyl (C=O) groups is 1. The monoisotopic (exact) mass is 305 g/mol. The van der Waals surface area contributed by atoms with Gasteiger partial charge in [-0.15, -0.1) is 13.2 Å². The van der Waals surface area contributed by atoms with Crippen LogP contribution in [0.5, 0.6) is 5.75 Å². The fraction of sp³-hybridized carbons (Fsp3) is 0.273. The highest BCUT2D eigenvalue weighted by Crippen LogP contribution is 2.31. The Morgan fingerprint density at radius 3 is 2.85 bits per heavy atom. The molecule has 5 nitrogen and oxygen atoms in total. The normalized spacial score (nSPS) is 11.6. The third kappa shape index (κ3) is 3.81. The fourth-order valence-electron chi connectivity index (χ4n) is 1.47. The summed E-state index contributed by atoms with van der Waals surface area (Å²) in [5.74, 6) is -0.619. The van der Waals surface area contributed by atoms with Crippen molar-refractivity contribution in [3.63, 3.8) is 0 Å². The van der Waals surface area contributed by atoms with Crippen LogP contribution in [0.4, 0.5) is 18.3 Å². The number of ether oxygens (including phenoxy) is 1. The molecule has 0 saturated carbocycles. The molecule has 0 aliphatic heterocycles. The molecular weight excluding hydrogens is 295 g/mol. The summed E-state index contributed by atoms with van der Waals surface area (Å²) in [4.78, 5) is 15.4. The van der Waals surface area contributed by atoms with Gasteiger partial charge in [0.25, 0.3) is 0 Å². The second-order valence-corrected chi connectivity index (χ2v) is 4.81. The van der Waals surface area contributed by atoms with Gasteiger partial charge in [0.1, 0.15) is 5.75 Å². The minimum Gasteiger partial charge on any atom is -0.406 e. The fourth-order valence-corrected chi connectivity index (χ4v) is 2.38. The van der Waals surface area contributed by atoms with Gasteiger partial charge in [0, 0.05) is 19.0 Å². The van der Waals surface area contributed by atoms with Gasteiger partial charge in [-0.2, -0.15) is 0 Å². The van der Waals surface area contributed by atoms with E-state index in [0.717, 1.165) is 11.3 Å². The van der Waals surface area contributed by atoms with Crippen LogP contribution in [0.1, 0.15) is 6.42 Å². The van der Waals surface area contributed by atoms with Gasteiger partial charge in [-0.1, -0.05) is 11.3 Å². The van der Waals surface area contributed by atoms with Crippen molar-refractivity contribution in [2.45, 2.75) is 12.8 Å². The van der Waals surface area contributed by atoms with E-state index in [1.165, 1.54) is 18.2 Å². The molecule has 0 atom stereocenters. The molecule has 2 rings (SSSR count). The quantitative estimate of drug-likeness (QED) is 0.909. The number of thiazole rings is 1. The molecule has 3 N–H and O–H groups in total. The second kappa shape index (κ2) is 5.63. The molecule has 2 aromatic rings. The molecule has 0 aliphatic carbocycles. The van der Waals surface area contributed by atoms with Crippen LogP contribution in [0.15, 0.2) is 18.2 Å². The molecule has 0 spiro atoms. The molecule has 1 aromatic heterocycles. The van der Waals surface area contributed by atoms with Crippen molar-refractivity contribution in [3.05, 3.63) is 18.2 Å². The van der Waals surface area contributed by atoms with Crippen LogP contribution < -0.4 is 15.8 Å². The number of anilines is 1. The van der Waals surface area contributed by atoms with Gasteiger partial charge < -0.3 is 15.8 Å². The number of halogens is 3. The molecule has 0 saturated heterocycles. The number of fused-ring (bicyclic) bond motifs is 1. The molecule has 1 aromatic carbocycles. The van der Waals surface area contributed by atoms with Crippen LogP contribution in [0.2, 0.25) is 0 Å². The molecule has 20 heavy (non-hydrogen) atoms. The summed E-state index contributed by atoms with van der Waals surface area (Å²) in [6, 6.07) is 3.78. The summed E-state index contributed by atoms with van der Waals surface area (Å²) in [5, 5.41) is 2.83. The maximum absolute atomic E-state index is 12.1. The molecule has 0 radical (unpaired) electrons. The molecule has 0 bridgehead atoms. The minimum absolute atomic E-state index is 0.151. The van der Waals surface area contributed by atoms with E-state index in [-0.39, 0.29) is 24.6 Å². The van der Waals surface area contributed by atoms with E-state index in [9.17, 15) is 18.0 Å². The van der Waals surface area contributed by atoms with Crippen LogP contribution in [0, 0.1) is 0 Å². The number of nitrogens with two attached hydrogens (primary N) is 1. The summed E-state index contributed by atoms with van der Waals surface area (Å²) in [6.07, 6.45) is -4.59. The zero-order valence-electron chi connectivity index (χ0n) is 10.0. The number of nitrogens with zero attached hydrogens (tertiary/aromatic N) is 1. The Morgan fingerprint density at radius 1 is 1.45 bits per heavy atom. The smallest absolute Gasteiger partial charge is 0.406 e. The summed E-state index contributed by atoms with van der Waals surface area (Å²) >= 11 is 1.06. The number of amides is 1. The molecule has 1 amide bonds. The summed E-state index contributed by atoms with van der Waals surface area (Å²) in [5.41, 5.74) is 5.72. The van der Waals surface area contributed by atoms with E-state index >= 15 is 0 Å². The maximum atomic E-state index is 12.1. The Morgan fingerprint density at radius 2 is 2.20 bits per heavy atom. The van der Waals surface area contributed by atoms with Crippen molar-refractivity contribution in [2.24, 2.45) is 5.73 Å². The Labute approximate surface area is 115 Å². The summed E-state index contributed by atoms with van der Waals surface area (Å²) in [6.45, 7) is 0.209. The van der Waals surface area contributed by atoms with Gasteiger partial charge >= 0.3 is 6.36 Å². The standard InChI is InChI=1S/C11H10F3N3O2S/c12-11(13,14)19-6-1-2-7-8(5-6)20-10(16-7)17-9(18)3-4-15/h1-2,5H,3-4,15H2,(H,16,17,18). The molecule has 0 fully saturated rings. The van der Waals surface area contributed by atoms with Crippen LogP contribution in [-0.4, -0.2) is 23.8 Å². The van der Waals surface area contributed by atoms with E-state index in [1.54, 1.807) is 0 Å². The van der Waals surface area contributed by atoms with Gasteiger partial charge in [-0.25, -0.2) is 4.98 Å². The van der Waals surface area contributed by atoms with Crippen molar-refractivity contribution in [1.82, 2.24) is 4.98 Å². The molecule has 9 heteroatoms. The average Bonchev–Trinajstić information content (AvgIpc) is 2.68. The highest BCUT2D eigenvalue weighted by molar-refractivity contribution is 7.22. The number of hydrogen-bond acceptors (Lipinski definition) is 5. The van der Waals surface area contributed by atoms with Gasteiger partial charge in [0.05, 0.1) is 10.2 Å². The molecule has 0 unspecified atom stereocenters. The zero-order chi connectivity index (χ0) is 14.8. The molecule has 0 aliphatic rings. The number of aromatic nitrogens is 1. The van der Waals surface area contributed by atoms with Crippen LogP contribution in [0.3, 0.4) is 0 Å². The van der Waals surface area contributed by atoms with E-state index in [1.807, 2.05) is 0 Å². The third-order valence-corrected chi connectivity index (χ3v) is 3.14. The lowest BCUT2D eigenvalue weighted by molar-refractivity contribution is -0.274. The lowest BCUT2D eigenvalue weighted by Gasteiger charge is -2.07. The first-order valence-corrected chi connectivity index (χ1v) is 6.35. The number of alkyl halides is 3. The lowest BCUT2D eigenvalue weighted by atomic mass is 10.3. The Bertz CT molecular complexity index is 627. The van der Waals surface area contributed by atoms with Gasteiger partial charge in [-0.05, 0) is 12.1 Å². The topological polar surface area (TPSA) is 77.2 Å². The number of rotatable bonds is 4. The summed E-state index contributed by atoms with van der Waals surface area (Å²) in [7, 11) is 0. The highest BCUT2D eigenvalue weighted by atomic mass is 32.1. The number of carbonyl (C=O) groups excluding carboxylic acids is 1. The Kier molecular flexibility index (Phi) is 4.09.